The van der Waals surface area contributed by atoms with E-state index >= 15 is 0 Å². The first-order chi connectivity index (χ1) is 12.9. The van der Waals surface area contributed by atoms with Crippen molar-refractivity contribution >= 4 is 6.03 Å². The number of carbonyl (C=O) groups excluding carboxylic acids is 1. The number of hydrogen-bond acceptors (Lipinski definition) is 4. The predicted octanol–water partition coefficient (Wildman–Crippen LogP) is 3.33. The molecule has 2 rings (SSSR count). The summed E-state index contributed by atoms with van der Waals surface area (Å²) in [6, 6.07) is 6.29. The first kappa shape index (κ1) is 20.3. The molecule has 0 fully saturated rings. The van der Waals surface area contributed by atoms with Crippen LogP contribution >= 0.6 is 0 Å². The average Bonchev–Trinajstić information content (AvgIpc) is 2.66. The molecule has 2 aromatic carbocycles. The Kier molecular flexibility index (Phi) is 6.81. The molecule has 2 aromatic rings. The molecule has 8 heteroatoms. The summed E-state index contributed by atoms with van der Waals surface area (Å²) in [6.45, 7) is 0.207. The zero-order valence-electron chi connectivity index (χ0n) is 15.6. The lowest BCUT2D eigenvalue weighted by atomic mass is 10.1. The highest BCUT2D eigenvalue weighted by Crippen LogP contribution is 2.38. The van der Waals surface area contributed by atoms with Crippen molar-refractivity contribution in [1.29, 1.82) is 0 Å². The fraction of sp³-hybridized carbons (Fsp3) is 0.316. The Morgan fingerprint density at radius 2 is 1.67 bits per heavy atom. The smallest absolute Gasteiger partial charge is 0.317 e. The molecule has 0 aliphatic heterocycles. The zero-order chi connectivity index (χ0) is 20.0. The first-order valence-electron chi connectivity index (χ1n) is 8.11. The molecule has 146 valence electrons. The van der Waals surface area contributed by atoms with Crippen molar-refractivity contribution in [3.05, 3.63) is 53.1 Å². The maximum Gasteiger partial charge on any atom is 0.317 e. The van der Waals surface area contributed by atoms with Crippen LogP contribution in [0.3, 0.4) is 0 Å². The Morgan fingerprint density at radius 3 is 2.19 bits per heavy atom. The fourth-order valence-electron chi connectivity index (χ4n) is 2.53. The van der Waals surface area contributed by atoms with E-state index in [0.717, 1.165) is 17.7 Å². The van der Waals surface area contributed by atoms with Crippen LogP contribution in [-0.4, -0.2) is 39.3 Å². The molecule has 1 N–H and O–H groups in total. The maximum atomic E-state index is 13.7. The quantitative estimate of drug-likeness (QED) is 0.801. The topological polar surface area (TPSA) is 60.0 Å². The second kappa shape index (κ2) is 9.07. The Labute approximate surface area is 156 Å². The zero-order valence-corrected chi connectivity index (χ0v) is 15.6. The summed E-state index contributed by atoms with van der Waals surface area (Å²) in [5, 5.41) is 2.73. The third-order valence-electron chi connectivity index (χ3n) is 3.94. The van der Waals surface area contributed by atoms with Crippen molar-refractivity contribution in [2.75, 3.05) is 28.4 Å². The van der Waals surface area contributed by atoms with Crippen LogP contribution in [0, 0.1) is 11.6 Å². The molecule has 6 nitrogen and oxygen atoms in total. The molecular formula is C19H22F2N2O4. The lowest BCUT2D eigenvalue weighted by Gasteiger charge is -2.19. The largest absolute Gasteiger partial charge is 0.493 e. The summed E-state index contributed by atoms with van der Waals surface area (Å²) in [6.07, 6.45) is 0. The summed E-state index contributed by atoms with van der Waals surface area (Å²) >= 11 is 0. The highest BCUT2D eigenvalue weighted by molar-refractivity contribution is 5.74. The molecule has 0 saturated carbocycles. The number of halogens is 2. The summed E-state index contributed by atoms with van der Waals surface area (Å²) in [5.74, 6) is 0.0506. The summed E-state index contributed by atoms with van der Waals surface area (Å²) in [5.41, 5.74) is 0.959. The second-order valence-electron chi connectivity index (χ2n) is 5.78. The van der Waals surface area contributed by atoms with Crippen LogP contribution in [-0.2, 0) is 13.1 Å². The third-order valence-corrected chi connectivity index (χ3v) is 3.94. The standard InChI is InChI=1S/C19H22F2N2O4/c1-23(11-13-5-6-14(20)9-15(13)21)19(24)22-10-12-7-16(25-2)18(27-4)17(8-12)26-3/h5-9H,10-11H2,1-4H3,(H,22,24). The molecule has 0 bridgehead atoms. The Bertz CT molecular complexity index is 789. The van der Waals surface area contributed by atoms with Crippen molar-refractivity contribution in [3.63, 3.8) is 0 Å². The minimum absolute atomic E-state index is 0.00714. The number of nitrogens with zero attached hydrogens (tertiary/aromatic N) is 1. The van der Waals surface area contributed by atoms with Gasteiger partial charge in [-0.05, 0) is 23.8 Å². The SMILES string of the molecule is COc1cc(CNC(=O)N(C)Cc2ccc(F)cc2F)cc(OC)c1OC. The average molecular weight is 380 g/mol. The Morgan fingerprint density at radius 1 is 1.04 bits per heavy atom. The van der Waals surface area contributed by atoms with Crippen molar-refractivity contribution in [1.82, 2.24) is 10.2 Å². The van der Waals surface area contributed by atoms with E-state index in [2.05, 4.69) is 5.32 Å². The molecule has 0 aliphatic rings. The van der Waals surface area contributed by atoms with Gasteiger partial charge in [-0.25, -0.2) is 13.6 Å². The molecule has 0 radical (unpaired) electrons. The van der Waals surface area contributed by atoms with E-state index in [4.69, 9.17) is 14.2 Å². The second-order valence-corrected chi connectivity index (χ2v) is 5.78. The van der Waals surface area contributed by atoms with Crippen molar-refractivity contribution < 1.29 is 27.8 Å². The number of amides is 2. The van der Waals surface area contributed by atoms with Crippen LogP contribution in [0.25, 0.3) is 0 Å². The van der Waals surface area contributed by atoms with Crippen molar-refractivity contribution in [2.45, 2.75) is 13.1 Å². The van der Waals surface area contributed by atoms with Gasteiger partial charge in [-0.15, -0.1) is 0 Å². The maximum absolute atomic E-state index is 13.7. The Balaban J connectivity index is 2.04. The molecule has 27 heavy (non-hydrogen) atoms. The van der Waals surface area contributed by atoms with Gasteiger partial charge in [0, 0.05) is 31.8 Å². The van der Waals surface area contributed by atoms with Crippen LogP contribution in [0.15, 0.2) is 30.3 Å². The number of hydrogen-bond donors (Lipinski definition) is 1. The number of ether oxygens (including phenoxy) is 3. The van der Waals surface area contributed by atoms with Crippen LogP contribution in [0.1, 0.15) is 11.1 Å². The van der Waals surface area contributed by atoms with Gasteiger partial charge in [0.05, 0.1) is 21.3 Å². The highest BCUT2D eigenvalue weighted by atomic mass is 19.1. The van der Waals surface area contributed by atoms with Gasteiger partial charge in [0.1, 0.15) is 11.6 Å². The van der Waals surface area contributed by atoms with E-state index in [9.17, 15) is 13.6 Å². The van der Waals surface area contributed by atoms with Crippen LogP contribution in [0.5, 0.6) is 17.2 Å². The molecule has 0 spiro atoms. The van der Waals surface area contributed by atoms with Gasteiger partial charge in [-0.1, -0.05) is 6.07 Å². The van der Waals surface area contributed by atoms with E-state index in [-0.39, 0.29) is 18.7 Å². The minimum atomic E-state index is -0.695. The molecule has 0 atom stereocenters. The van der Waals surface area contributed by atoms with E-state index in [0.29, 0.717) is 17.2 Å². The van der Waals surface area contributed by atoms with E-state index in [1.165, 1.54) is 39.3 Å². The van der Waals surface area contributed by atoms with Gasteiger partial charge < -0.3 is 24.4 Å². The van der Waals surface area contributed by atoms with Gasteiger partial charge in [-0.2, -0.15) is 0 Å². The first-order valence-corrected chi connectivity index (χ1v) is 8.11. The van der Waals surface area contributed by atoms with Gasteiger partial charge in [0.15, 0.2) is 11.5 Å². The third kappa shape index (κ3) is 4.99. The van der Waals surface area contributed by atoms with E-state index < -0.39 is 17.7 Å². The normalized spacial score (nSPS) is 10.3. The van der Waals surface area contributed by atoms with Crippen molar-refractivity contribution in [2.24, 2.45) is 0 Å². The van der Waals surface area contributed by atoms with Crippen LogP contribution in [0.2, 0.25) is 0 Å². The summed E-state index contributed by atoms with van der Waals surface area (Å²) in [7, 11) is 6.04. The molecule has 2 amide bonds. The molecule has 0 saturated heterocycles. The van der Waals surface area contributed by atoms with Gasteiger partial charge in [0.25, 0.3) is 0 Å². The van der Waals surface area contributed by atoms with E-state index in [1.807, 2.05) is 0 Å². The number of benzene rings is 2. The molecule has 0 aliphatic carbocycles. The number of methoxy groups -OCH3 is 3. The van der Waals surface area contributed by atoms with E-state index in [1.54, 1.807) is 12.1 Å². The van der Waals surface area contributed by atoms with Crippen LogP contribution < -0.4 is 19.5 Å². The summed E-state index contributed by atoms with van der Waals surface area (Å²) < 4.78 is 42.5. The lowest BCUT2D eigenvalue weighted by molar-refractivity contribution is 0.206. The van der Waals surface area contributed by atoms with Crippen molar-refractivity contribution in [3.8, 4) is 17.2 Å². The molecule has 0 unspecified atom stereocenters. The monoisotopic (exact) mass is 380 g/mol. The predicted molar refractivity (Wildman–Crippen MR) is 96.2 cm³/mol. The van der Waals surface area contributed by atoms with Gasteiger partial charge in [0.2, 0.25) is 5.75 Å². The molecular weight excluding hydrogens is 358 g/mol. The summed E-state index contributed by atoms with van der Waals surface area (Å²) in [4.78, 5) is 13.6. The number of rotatable bonds is 7. The Hall–Kier alpha value is -3.03. The number of carbonyl (C=O) groups is 1. The number of urea groups is 1. The molecule has 0 aromatic heterocycles. The van der Waals surface area contributed by atoms with Gasteiger partial charge >= 0.3 is 6.03 Å². The highest BCUT2D eigenvalue weighted by Gasteiger charge is 2.15. The number of nitrogens with one attached hydrogen (secondary N) is 1. The van der Waals surface area contributed by atoms with Crippen LogP contribution in [0.4, 0.5) is 13.6 Å². The van der Waals surface area contributed by atoms with Gasteiger partial charge in [-0.3, -0.25) is 0 Å². The fourth-order valence-corrected chi connectivity index (χ4v) is 2.53. The lowest BCUT2D eigenvalue weighted by Crippen LogP contribution is -2.36. The molecule has 0 heterocycles. The minimum Gasteiger partial charge on any atom is -0.493 e.